The SMILES string of the molecule is B1c2ccccc2-c2cc(-c3ccc(N(c4ccccc4)c4ccccc4)cc3)ccc2Nc2ccc(-c3ccc(N(c4ccccc4)c4ccccc4)cc3)cc2-c2ccccc21. The fourth-order valence-electron chi connectivity index (χ4n) is 9.14. The van der Waals surface area contributed by atoms with E-state index in [1.807, 2.05) is 0 Å². The Morgan fingerprint density at radius 1 is 0.250 bits per heavy atom. The van der Waals surface area contributed by atoms with Crippen molar-refractivity contribution in [2.75, 3.05) is 15.1 Å². The number of nitrogens with zero attached hydrogens (tertiary/aromatic N) is 2. The monoisotopic (exact) mass is 817 g/mol. The molecule has 0 saturated heterocycles. The second-order valence-corrected chi connectivity index (χ2v) is 16.2. The number of fused-ring (bicyclic) bond motifs is 6. The third-order valence-corrected chi connectivity index (χ3v) is 12.3. The van der Waals surface area contributed by atoms with Gasteiger partial charge in [-0.1, -0.05) is 169 Å². The lowest BCUT2D eigenvalue weighted by Gasteiger charge is -2.26. The van der Waals surface area contributed by atoms with E-state index in [0.29, 0.717) is 0 Å². The number of para-hydroxylation sites is 4. The van der Waals surface area contributed by atoms with Crippen LogP contribution < -0.4 is 26.0 Å². The van der Waals surface area contributed by atoms with Crippen LogP contribution in [0.15, 0.2) is 255 Å². The summed E-state index contributed by atoms with van der Waals surface area (Å²) < 4.78 is 0. The van der Waals surface area contributed by atoms with Gasteiger partial charge in [0.25, 0.3) is 0 Å². The summed E-state index contributed by atoms with van der Waals surface area (Å²) in [5.74, 6) is 0. The fraction of sp³-hybridized carbons (Fsp3) is 0. The predicted octanol–water partition coefficient (Wildman–Crippen LogP) is 14.7. The van der Waals surface area contributed by atoms with Crippen molar-refractivity contribution in [2.24, 2.45) is 0 Å². The van der Waals surface area contributed by atoms with Gasteiger partial charge in [-0.05, 0) is 130 Å². The van der Waals surface area contributed by atoms with Gasteiger partial charge in [-0.25, -0.2) is 0 Å². The zero-order valence-corrected chi connectivity index (χ0v) is 35.4. The van der Waals surface area contributed by atoms with E-state index in [1.54, 1.807) is 0 Å². The highest BCUT2D eigenvalue weighted by molar-refractivity contribution is 6.70. The minimum absolute atomic E-state index is 0.812. The smallest absolute Gasteiger partial charge is 0.193 e. The lowest BCUT2D eigenvalue weighted by molar-refractivity contribution is 1.28. The number of benzene rings is 10. The molecule has 10 aromatic rings. The van der Waals surface area contributed by atoms with Gasteiger partial charge in [0.2, 0.25) is 0 Å². The lowest BCUT2D eigenvalue weighted by atomic mass is 9.59. The summed E-state index contributed by atoms with van der Waals surface area (Å²) in [5, 5.41) is 3.96. The maximum atomic E-state index is 3.96. The Hall–Kier alpha value is -8.34. The summed E-state index contributed by atoms with van der Waals surface area (Å²) in [5.41, 5.74) is 21.0. The first kappa shape index (κ1) is 38.6. The number of hydrogen-bond donors (Lipinski definition) is 1. The Morgan fingerprint density at radius 2 is 0.547 bits per heavy atom. The van der Waals surface area contributed by atoms with Crippen LogP contribution in [0.1, 0.15) is 0 Å². The minimum atomic E-state index is 0.812. The minimum Gasteiger partial charge on any atom is -0.355 e. The fourth-order valence-corrected chi connectivity index (χ4v) is 9.14. The number of nitrogens with one attached hydrogen (secondary N) is 1. The molecule has 0 bridgehead atoms. The van der Waals surface area contributed by atoms with Gasteiger partial charge in [-0.15, -0.1) is 0 Å². The molecule has 1 heterocycles. The van der Waals surface area contributed by atoms with Crippen molar-refractivity contribution in [1.82, 2.24) is 0 Å². The summed E-state index contributed by atoms with van der Waals surface area (Å²) in [6.45, 7) is 0. The molecule has 0 spiro atoms. The molecule has 1 N–H and O–H groups in total. The Bertz CT molecular complexity index is 2890. The second-order valence-electron chi connectivity index (χ2n) is 16.2. The first-order valence-corrected chi connectivity index (χ1v) is 22.0. The number of rotatable bonds is 8. The highest BCUT2D eigenvalue weighted by atomic mass is 15.1. The van der Waals surface area contributed by atoms with Crippen molar-refractivity contribution < 1.29 is 0 Å². The molecule has 1 aliphatic heterocycles. The van der Waals surface area contributed by atoms with Gasteiger partial charge in [0, 0.05) is 56.6 Å². The highest BCUT2D eigenvalue weighted by Crippen LogP contribution is 2.41. The maximum Gasteiger partial charge on any atom is 0.193 e. The number of hydrogen-bond acceptors (Lipinski definition) is 3. The predicted molar refractivity (Wildman–Crippen MR) is 274 cm³/mol. The van der Waals surface area contributed by atoms with Gasteiger partial charge >= 0.3 is 0 Å². The van der Waals surface area contributed by atoms with E-state index in [-0.39, 0.29) is 0 Å². The summed E-state index contributed by atoms with van der Waals surface area (Å²) >= 11 is 0. The molecule has 0 fully saturated rings. The molecule has 64 heavy (non-hydrogen) atoms. The van der Waals surface area contributed by atoms with Gasteiger partial charge < -0.3 is 15.1 Å². The van der Waals surface area contributed by atoms with Crippen molar-refractivity contribution in [3.63, 3.8) is 0 Å². The maximum absolute atomic E-state index is 3.96. The van der Waals surface area contributed by atoms with Crippen molar-refractivity contribution >= 4 is 63.7 Å². The van der Waals surface area contributed by atoms with E-state index in [2.05, 4.69) is 270 Å². The van der Waals surface area contributed by atoms with Gasteiger partial charge in [0.15, 0.2) is 7.28 Å². The molecule has 0 unspecified atom stereocenters. The third-order valence-electron chi connectivity index (χ3n) is 12.3. The quantitative estimate of drug-likeness (QED) is 0.154. The molecular formula is C60H44BN3. The van der Waals surface area contributed by atoms with Crippen LogP contribution in [-0.4, -0.2) is 7.28 Å². The largest absolute Gasteiger partial charge is 0.355 e. The summed E-state index contributed by atoms with van der Waals surface area (Å²) in [6, 6.07) is 91.7. The van der Waals surface area contributed by atoms with E-state index in [9.17, 15) is 0 Å². The average molecular weight is 818 g/mol. The Kier molecular flexibility index (Phi) is 10.4. The molecular weight excluding hydrogens is 773 g/mol. The van der Waals surface area contributed by atoms with E-state index in [4.69, 9.17) is 0 Å². The molecule has 1 aliphatic rings. The first-order valence-electron chi connectivity index (χ1n) is 22.0. The molecule has 302 valence electrons. The second kappa shape index (κ2) is 17.2. The normalized spacial score (nSPS) is 11.4. The van der Waals surface area contributed by atoms with Crippen LogP contribution in [-0.2, 0) is 0 Å². The van der Waals surface area contributed by atoms with Crippen LogP contribution in [0, 0.1) is 0 Å². The van der Waals surface area contributed by atoms with E-state index in [0.717, 1.165) is 52.8 Å². The van der Waals surface area contributed by atoms with Gasteiger partial charge in [0.1, 0.15) is 0 Å². The van der Waals surface area contributed by atoms with Gasteiger partial charge in [-0.3, -0.25) is 0 Å². The topological polar surface area (TPSA) is 18.5 Å². The number of anilines is 8. The van der Waals surface area contributed by atoms with Gasteiger partial charge in [-0.2, -0.15) is 0 Å². The van der Waals surface area contributed by atoms with Crippen molar-refractivity contribution in [1.29, 1.82) is 0 Å². The van der Waals surface area contributed by atoms with Crippen LogP contribution in [0.4, 0.5) is 45.5 Å². The first-order chi connectivity index (χ1) is 31.7. The van der Waals surface area contributed by atoms with Crippen LogP contribution in [0.25, 0.3) is 44.5 Å². The third kappa shape index (κ3) is 7.63. The molecule has 0 saturated carbocycles. The van der Waals surface area contributed by atoms with Crippen molar-refractivity contribution in [2.45, 2.75) is 0 Å². The molecule has 0 radical (unpaired) electrons. The molecule has 4 heteroatoms. The van der Waals surface area contributed by atoms with Crippen molar-refractivity contribution in [3.8, 4) is 44.5 Å². The summed E-state index contributed by atoms with van der Waals surface area (Å²) in [4.78, 5) is 4.61. The summed E-state index contributed by atoms with van der Waals surface area (Å²) in [7, 11) is 0.812. The highest BCUT2D eigenvalue weighted by Gasteiger charge is 2.21. The standard InChI is InChI=1S/C60H44BN3/c1-5-17-47(18-6-1)63(48-19-7-2-8-20-48)51-35-29-43(30-36-51)45-33-39-59-55(41-45)53-25-13-15-27-57(53)61-58-28-16-14-26-54(58)56-42-46(34-40-60(56)62-59)44-31-37-52(38-32-44)64(49-21-9-3-10-22-49)50-23-11-4-12-24-50/h1-42,61-62H. The van der Waals surface area contributed by atoms with Crippen LogP contribution >= 0.6 is 0 Å². The van der Waals surface area contributed by atoms with Crippen LogP contribution in [0.3, 0.4) is 0 Å². The van der Waals surface area contributed by atoms with Crippen LogP contribution in [0.2, 0.25) is 0 Å². The molecule has 0 atom stereocenters. The molecule has 0 amide bonds. The summed E-state index contributed by atoms with van der Waals surface area (Å²) in [6.07, 6.45) is 0. The van der Waals surface area contributed by atoms with E-state index < -0.39 is 0 Å². The lowest BCUT2D eigenvalue weighted by Crippen LogP contribution is -2.30. The zero-order valence-electron chi connectivity index (χ0n) is 35.4. The molecule has 10 aromatic carbocycles. The average Bonchev–Trinajstić information content (AvgIpc) is 3.37. The molecule has 0 aromatic heterocycles. The van der Waals surface area contributed by atoms with E-state index in [1.165, 1.54) is 55.4 Å². The molecule has 11 rings (SSSR count). The van der Waals surface area contributed by atoms with Crippen molar-refractivity contribution in [3.05, 3.63) is 255 Å². The van der Waals surface area contributed by atoms with Crippen LogP contribution in [0.5, 0.6) is 0 Å². The Balaban J connectivity index is 0.967. The van der Waals surface area contributed by atoms with E-state index >= 15 is 0 Å². The molecule has 3 nitrogen and oxygen atoms in total. The Morgan fingerprint density at radius 3 is 0.906 bits per heavy atom. The Labute approximate surface area is 376 Å². The molecule has 0 aliphatic carbocycles. The zero-order chi connectivity index (χ0) is 42.7. The van der Waals surface area contributed by atoms with Gasteiger partial charge in [0.05, 0.1) is 0 Å².